The number of carbonyl (C=O) groups excluding carboxylic acids is 2. The van der Waals surface area contributed by atoms with Crippen LogP contribution in [0.4, 0.5) is 0 Å². The Morgan fingerprint density at radius 2 is 2.09 bits per heavy atom. The average molecular weight is 298 g/mol. The zero-order valence-electron chi connectivity index (χ0n) is 12.2. The lowest BCUT2D eigenvalue weighted by molar-refractivity contribution is -0.135. The Labute approximate surface area is 129 Å². The number of terminal acetylenes is 1. The molecule has 2 heterocycles. The first-order chi connectivity index (χ1) is 10.7. The lowest BCUT2D eigenvalue weighted by Gasteiger charge is -2.19. The largest absolute Gasteiger partial charge is 0.481 e. The van der Waals surface area contributed by atoms with E-state index in [0.717, 1.165) is 18.4 Å². The Balaban J connectivity index is 1.75. The predicted molar refractivity (Wildman–Crippen MR) is 81.0 cm³/mol. The Kier molecular flexibility index (Phi) is 4.01. The number of ether oxygens (including phenoxy) is 1. The molecular weight excluding hydrogens is 280 g/mol. The van der Waals surface area contributed by atoms with Crippen LogP contribution in [0.1, 0.15) is 30.9 Å². The molecule has 2 amide bonds. The monoisotopic (exact) mass is 298 g/mol. The number of hydrogen-bond donors (Lipinski definition) is 1. The maximum absolute atomic E-state index is 12.3. The summed E-state index contributed by atoms with van der Waals surface area (Å²) in [5.41, 5.74) is 0.899. The normalized spacial score (nSPS) is 24.2. The summed E-state index contributed by atoms with van der Waals surface area (Å²) in [6.45, 7) is 0.900. The first-order valence-corrected chi connectivity index (χ1v) is 7.45. The van der Waals surface area contributed by atoms with Crippen molar-refractivity contribution in [3.8, 4) is 18.1 Å². The van der Waals surface area contributed by atoms with Gasteiger partial charge in [0.05, 0.1) is 12.5 Å². The topological polar surface area (TPSA) is 58.6 Å². The quantitative estimate of drug-likeness (QED) is 0.855. The van der Waals surface area contributed by atoms with Crippen LogP contribution in [0.25, 0.3) is 0 Å². The van der Waals surface area contributed by atoms with Gasteiger partial charge < -0.3 is 15.0 Å². The Bertz CT molecular complexity index is 594. The standard InChI is InChI=1S/C17H18N2O3/c1-2-10-22-13-7-5-12(6-8-13)14-11-16(20)19-9-3-4-15(19)17(21)18-14/h1,5-8,14-15H,3-4,9-11H2,(H,18,21)/t14-,15-/m0/s1. The number of benzene rings is 1. The van der Waals surface area contributed by atoms with E-state index in [1.807, 2.05) is 12.1 Å². The number of nitrogens with one attached hydrogen (secondary N) is 1. The lowest BCUT2D eigenvalue weighted by Crippen LogP contribution is -2.41. The minimum absolute atomic E-state index is 0.0403. The number of nitrogens with zero attached hydrogens (tertiary/aromatic N) is 1. The minimum atomic E-state index is -0.296. The molecule has 22 heavy (non-hydrogen) atoms. The van der Waals surface area contributed by atoms with Gasteiger partial charge in [-0.1, -0.05) is 18.1 Å². The minimum Gasteiger partial charge on any atom is -0.481 e. The van der Waals surface area contributed by atoms with Gasteiger partial charge in [-0.05, 0) is 30.5 Å². The zero-order chi connectivity index (χ0) is 15.5. The molecule has 1 aromatic rings. The van der Waals surface area contributed by atoms with Crippen molar-refractivity contribution in [3.63, 3.8) is 0 Å². The van der Waals surface area contributed by atoms with E-state index in [2.05, 4.69) is 11.2 Å². The molecule has 0 bridgehead atoms. The van der Waals surface area contributed by atoms with Crippen LogP contribution in [0.5, 0.6) is 5.75 Å². The highest BCUT2D eigenvalue weighted by Gasteiger charge is 2.39. The number of amides is 2. The van der Waals surface area contributed by atoms with E-state index in [1.165, 1.54) is 0 Å². The molecule has 2 aliphatic heterocycles. The van der Waals surface area contributed by atoms with Crippen LogP contribution < -0.4 is 10.1 Å². The van der Waals surface area contributed by atoms with Crippen molar-refractivity contribution < 1.29 is 14.3 Å². The van der Waals surface area contributed by atoms with Crippen molar-refractivity contribution in [2.45, 2.75) is 31.3 Å². The summed E-state index contributed by atoms with van der Waals surface area (Å²) in [4.78, 5) is 26.3. The number of rotatable bonds is 3. The molecule has 0 unspecified atom stereocenters. The summed E-state index contributed by atoms with van der Waals surface area (Å²) in [5, 5.41) is 2.99. The SMILES string of the molecule is C#CCOc1ccc([C@@H]2CC(=O)N3CCC[C@H]3C(=O)N2)cc1. The van der Waals surface area contributed by atoms with E-state index in [4.69, 9.17) is 11.2 Å². The van der Waals surface area contributed by atoms with Crippen molar-refractivity contribution >= 4 is 11.8 Å². The van der Waals surface area contributed by atoms with Crippen LogP contribution in [0.3, 0.4) is 0 Å². The van der Waals surface area contributed by atoms with Crippen LogP contribution in [-0.2, 0) is 9.59 Å². The van der Waals surface area contributed by atoms with Gasteiger partial charge in [0.1, 0.15) is 18.4 Å². The summed E-state index contributed by atoms with van der Waals surface area (Å²) < 4.78 is 5.33. The molecular formula is C17H18N2O3. The van der Waals surface area contributed by atoms with Gasteiger partial charge in [-0.15, -0.1) is 6.42 Å². The van der Waals surface area contributed by atoms with Crippen LogP contribution >= 0.6 is 0 Å². The number of hydrogen-bond acceptors (Lipinski definition) is 3. The molecule has 0 radical (unpaired) electrons. The van der Waals surface area contributed by atoms with Crippen molar-refractivity contribution in [2.24, 2.45) is 0 Å². The van der Waals surface area contributed by atoms with Crippen molar-refractivity contribution in [3.05, 3.63) is 29.8 Å². The molecule has 0 aliphatic carbocycles. The van der Waals surface area contributed by atoms with E-state index in [1.54, 1.807) is 17.0 Å². The summed E-state index contributed by atoms with van der Waals surface area (Å²) in [5.74, 6) is 3.07. The van der Waals surface area contributed by atoms with Gasteiger partial charge in [0.25, 0.3) is 0 Å². The second-order valence-electron chi connectivity index (χ2n) is 5.57. The molecule has 2 fully saturated rings. The highest BCUT2D eigenvalue weighted by molar-refractivity contribution is 5.91. The highest BCUT2D eigenvalue weighted by Crippen LogP contribution is 2.28. The van der Waals surface area contributed by atoms with Crippen LogP contribution in [0.2, 0.25) is 0 Å². The van der Waals surface area contributed by atoms with Gasteiger partial charge in [0.15, 0.2) is 0 Å². The Morgan fingerprint density at radius 3 is 2.82 bits per heavy atom. The van der Waals surface area contributed by atoms with Gasteiger partial charge in [-0.3, -0.25) is 9.59 Å². The molecule has 0 spiro atoms. The third-order valence-corrected chi connectivity index (χ3v) is 4.18. The first kappa shape index (κ1) is 14.5. The van der Waals surface area contributed by atoms with Crippen LogP contribution in [0.15, 0.2) is 24.3 Å². The fraction of sp³-hybridized carbons (Fsp3) is 0.412. The Morgan fingerprint density at radius 1 is 1.32 bits per heavy atom. The first-order valence-electron chi connectivity index (χ1n) is 7.45. The predicted octanol–water partition coefficient (Wildman–Crippen LogP) is 1.25. The molecule has 0 aromatic heterocycles. The van der Waals surface area contributed by atoms with Gasteiger partial charge >= 0.3 is 0 Å². The van der Waals surface area contributed by atoms with Crippen molar-refractivity contribution in [1.82, 2.24) is 10.2 Å². The van der Waals surface area contributed by atoms with Crippen LogP contribution in [0, 0.1) is 12.3 Å². The molecule has 2 atom stereocenters. The molecule has 2 saturated heterocycles. The second-order valence-corrected chi connectivity index (χ2v) is 5.57. The second kappa shape index (κ2) is 6.10. The summed E-state index contributed by atoms with van der Waals surface area (Å²) >= 11 is 0. The third-order valence-electron chi connectivity index (χ3n) is 4.18. The van der Waals surface area contributed by atoms with Crippen molar-refractivity contribution in [2.75, 3.05) is 13.2 Å². The molecule has 1 aromatic carbocycles. The third kappa shape index (κ3) is 2.77. The fourth-order valence-corrected chi connectivity index (χ4v) is 3.07. The van der Waals surface area contributed by atoms with E-state index in [0.29, 0.717) is 18.7 Å². The molecule has 2 aliphatic rings. The van der Waals surface area contributed by atoms with E-state index < -0.39 is 0 Å². The van der Waals surface area contributed by atoms with Crippen LogP contribution in [-0.4, -0.2) is 35.9 Å². The lowest BCUT2D eigenvalue weighted by atomic mass is 10.0. The number of fused-ring (bicyclic) bond motifs is 1. The maximum Gasteiger partial charge on any atom is 0.243 e. The summed E-state index contributed by atoms with van der Waals surface area (Å²) in [7, 11) is 0. The molecule has 5 heteroatoms. The zero-order valence-corrected chi connectivity index (χ0v) is 12.2. The molecule has 1 N–H and O–H groups in total. The van der Waals surface area contributed by atoms with Gasteiger partial charge in [-0.25, -0.2) is 0 Å². The van der Waals surface area contributed by atoms with Gasteiger partial charge in [0, 0.05) is 6.54 Å². The smallest absolute Gasteiger partial charge is 0.243 e. The summed E-state index contributed by atoms with van der Waals surface area (Å²) in [6.07, 6.45) is 7.10. The Hall–Kier alpha value is -2.48. The summed E-state index contributed by atoms with van der Waals surface area (Å²) in [6, 6.07) is 6.74. The van der Waals surface area contributed by atoms with E-state index in [-0.39, 0.29) is 30.5 Å². The highest BCUT2D eigenvalue weighted by atomic mass is 16.5. The van der Waals surface area contributed by atoms with Crippen molar-refractivity contribution in [1.29, 1.82) is 0 Å². The van der Waals surface area contributed by atoms with Gasteiger partial charge in [-0.2, -0.15) is 0 Å². The average Bonchev–Trinajstić information content (AvgIpc) is 2.98. The number of carbonyl (C=O) groups is 2. The molecule has 3 rings (SSSR count). The van der Waals surface area contributed by atoms with Gasteiger partial charge in [0.2, 0.25) is 11.8 Å². The molecule has 114 valence electrons. The molecule has 5 nitrogen and oxygen atoms in total. The molecule has 0 saturated carbocycles. The maximum atomic E-state index is 12.3. The van der Waals surface area contributed by atoms with E-state index in [9.17, 15) is 9.59 Å². The fourth-order valence-electron chi connectivity index (χ4n) is 3.07. The van der Waals surface area contributed by atoms with E-state index >= 15 is 0 Å².